The molecule has 45 heavy (non-hydrogen) atoms. The van der Waals surface area contributed by atoms with Gasteiger partial charge in [0, 0.05) is 19.2 Å². The first kappa shape index (κ1) is 32.1. The number of nitrogens with zero attached hydrogens (tertiary/aromatic N) is 5. The largest absolute Gasteiger partial charge is 0.477 e. The number of nitrogens with one attached hydrogen (secondary N) is 1. The fraction of sp³-hybridized carbons (Fsp3) is 0.259. The molecular formula is C27H23ClF5N7O4S. The minimum atomic E-state index is -4.47. The van der Waals surface area contributed by atoms with Gasteiger partial charge in [0.1, 0.15) is 17.5 Å². The second-order valence-electron chi connectivity index (χ2n) is 10.1. The zero-order valence-corrected chi connectivity index (χ0v) is 24.9. The van der Waals surface area contributed by atoms with Crippen molar-refractivity contribution in [2.24, 2.45) is 12.8 Å². The van der Waals surface area contributed by atoms with E-state index in [1.807, 2.05) is 0 Å². The predicted molar refractivity (Wildman–Crippen MR) is 156 cm³/mol. The Balaban J connectivity index is 1.73. The molecule has 0 saturated heterocycles. The minimum absolute atomic E-state index is 0.0781. The molecule has 0 bridgehead atoms. The summed E-state index contributed by atoms with van der Waals surface area (Å²) in [4.78, 5) is 22.7. The summed E-state index contributed by atoms with van der Waals surface area (Å²) in [6, 6.07) is 6.91. The van der Waals surface area contributed by atoms with Crippen molar-refractivity contribution in [1.29, 1.82) is 0 Å². The molecular weight excluding hydrogens is 649 g/mol. The zero-order valence-electron chi connectivity index (χ0n) is 23.4. The van der Waals surface area contributed by atoms with Crippen LogP contribution in [0.1, 0.15) is 23.9 Å². The van der Waals surface area contributed by atoms with Crippen molar-refractivity contribution in [1.82, 2.24) is 24.3 Å². The number of anilines is 1. The van der Waals surface area contributed by atoms with Gasteiger partial charge < -0.3 is 10.5 Å². The first-order valence-corrected chi connectivity index (χ1v) is 15.2. The third-order valence-electron chi connectivity index (χ3n) is 6.52. The van der Waals surface area contributed by atoms with Crippen LogP contribution in [0.15, 0.2) is 47.3 Å². The van der Waals surface area contributed by atoms with Gasteiger partial charge in [-0.05, 0) is 42.3 Å². The number of rotatable bonds is 9. The highest BCUT2D eigenvalue weighted by atomic mass is 35.5. The molecule has 5 aromatic rings. The summed E-state index contributed by atoms with van der Waals surface area (Å²) in [5, 5.41) is 4.38. The second-order valence-corrected chi connectivity index (χ2v) is 12.2. The lowest BCUT2D eigenvalue weighted by Gasteiger charge is -2.20. The van der Waals surface area contributed by atoms with Crippen LogP contribution < -0.4 is 20.8 Å². The predicted octanol–water partition coefficient (Wildman–Crippen LogP) is 4.54. The number of hydrogen-bond donors (Lipinski definition) is 2. The molecule has 3 aromatic heterocycles. The molecule has 0 spiro atoms. The number of aromatic nitrogens is 5. The molecule has 0 saturated carbocycles. The van der Waals surface area contributed by atoms with E-state index in [2.05, 4.69) is 19.8 Å². The molecule has 3 N–H and O–H groups in total. The highest BCUT2D eigenvalue weighted by Crippen LogP contribution is 2.35. The van der Waals surface area contributed by atoms with Crippen LogP contribution in [0.2, 0.25) is 5.02 Å². The molecule has 2 aromatic carbocycles. The molecule has 0 amide bonds. The first-order valence-electron chi connectivity index (χ1n) is 13.0. The Bertz CT molecular complexity index is 2100. The van der Waals surface area contributed by atoms with E-state index in [-0.39, 0.29) is 62.2 Å². The SMILES string of the molecule is Cn1nc(NS(C)(=O)=O)c2c(Cl)ccc(-n3c(C(N)Cc4cc(F)cc(F)c4)nc4nc(OCCC(F)(F)F)ccc4c3=O)c21. The van der Waals surface area contributed by atoms with Crippen molar-refractivity contribution < 1.29 is 35.1 Å². The second kappa shape index (κ2) is 11.9. The van der Waals surface area contributed by atoms with E-state index in [4.69, 9.17) is 22.1 Å². The Morgan fingerprint density at radius 1 is 1.09 bits per heavy atom. The van der Waals surface area contributed by atoms with E-state index in [1.165, 1.54) is 36.0 Å². The molecule has 0 radical (unpaired) electrons. The maximum Gasteiger partial charge on any atom is 0.392 e. The summed E-state index contributed by atoms with van der Waals surface area (Å²) in [5.74, 6) is -2.22. The van der Waals surface area contributed by atoms with Gasteiger partial charge >= 0.3 is 6.18 Å². The van der Waals surface area contributed by atoms with Gasteiger partial charge in [0.05, 0.1) is 52.3 Å². The van der Waals surface area contributed by atoms with E-state index in [0.717, 1.165) is 23.0 Å². The van der Waals surface area contributed by atoms with Crippen molar-refractivity contribution in [3.8, 4) is 11.6 Å². The number of benzene rings is 2. The Kier molecular flexibility index (Phi) is 8.45. The van der Waals surface area contributed by atoms with Crippen LogP contribution in [-0.4, -0.2) is 51.8 Å². The highest BCUT2D eigenvalue weighted by molar-refractivity contribution is 7.92. The minimum Gasteiger partial charge on any atom is -0.477 e. The molecule has 1 atom stereocenters. The van der Waals surface area contributed by atoms with Crippen molar-refractivity contribution >= 4 is 49.4 Å². The number of alkyl halides is 3. The van der Waals surface area contributed by atoms with E-state index < -0.39 is 52.5 Å². The number of ether oxygens (including phenoxy) is 1. The monoisotopic (exact) mass is 671 g/mol. The zero-order chi connectivity index (χ0) is 32.8. The number of hydrogen-bond acceptors (Lipinski definition) is 8. The average molecular weight is 672 g/mol. The van der Waals surface area contributed by atoms with Gasteiger partial charge in [-0.1, -0.05) is 11.6 Å². The van der Waals surface area contributed by atoms with Gasteiger partial charge in [0.25, 0.3) is 5.56 Å². The maximum atomic E-state index is 14.1. The number of halogens is 6. The quantitative estimate of drug-likeness (QED) is 0.217. The lowest BCUT2D eigenvalue weighted by atomic mass is 10.0. The lowest BCUT2D eigenvalue weighted by Crippen LogP contribution is -2.30. The van der Waals surface area contributed by atoms with Crippen LogP contribution in [-0.2, 0) is 23.5 Å². The van der Waals surface area contributed by atoms with E-state index in [9.17, 15) is 35.2 Å². The number of pyridine rings is 1. The van der Waals surface area contributed by atoms with Crippen molar-refractivity contribution in [2.75, 3.05) is 17.6 Å². The van der Waals surface area contributed by atoms with Gasteiger partial charge in [-0.25, -0.2) is 22.2 Å². The molecule has 0 fully saturated rings. The summed E-state index contributed by atoms with van der Waals surface area (Å²) >= 11 is 6.44. The molecule has 5 rings (SSSR count). The van der Waals surface area contributed by atoms with Crippen LogP contribution in [0.25, 0.3) is 27.6 Å². The van der Waals surface area contributed by atoms with E-state index in [1.54, 1.807) is 0 Å². The van der Waals surface area contributed by atoms with Gasteiger partial charge in [-0.3, -0.25) is 18.8 Å². The van der Waals surface area contributed by atoms with Crippen LogP contribution in [0.5, 0.6) is 5.88 Å². The molecule has 238 valence electrons. The third kappa shape index (κ3) is 6.99. The third-order valence-corrected chi connectivity index (χ3v) is 7.40. The Morgan fingerprint density at radius 2 is 1.78 bits per heavy atom. The van der Waals surface area contributed by atoms with Gasteiger partial charge in [-0.15, -0.1) is 0 Å². The molecule has 0 aliphatic heterocycles. The summed E-state index contributed by atoms with van der Waals surface area (Å²) in [6.07, 6.45) is -5.00. The van der Waals surface area contributed by atoms with Gasteiger partial charge in [-0.2, -0.15) is 23.3 Å². The smallest absolute Gasteiger partial charge is 0.392 e. The normalized spacial score (nSPS) is 13.0. The number of nitrogens with two attached hydrogens (primary N) is 1. The summed E-state index contributed by atoms with van der Waals surface area (Å²) in [5.41, 5.74) is 6.01. The van der Waals surface area contributed by atoms with Crippen LogP contribution in [0.4, 0.5) is 27.8 Å². The Labute approximate surface area is 256 Å². The molecule has 11 nitrogen and oxygen atoms in total. The molecule has 3 heterocycles. The van der Waals surface area contributed by atoms with E-state index >= 15 is 0 Å². The number of fused-ring (bicyclic) bond motifs is 2. The van der Waals surface area contributed by atoms with Crippen LogP contribution in [0, 0.1) is 11.6 Å². The Hall–Kier alpha value is -4.35. The fourth-order valence-corrected chi connectivity index (χ4v) is 5.50. The summed E-state index contributed by atoms with van der Waals surface area (Å²) < 4.78 is 99.7. The molecule has 1 unspecified atom stereocenters. The fourth-order valence-electron chi connectivity index (χ4n) is 4.76. The van der Waals surface area contributed by atoms with Gasteiger partial charge in [0.2, 0.25) is 15.9 Å². The lowest BCUT2D eigenvalue weighted by molar-refractivity contribution is -0.139. The number of aryl methyl sites for hydroxylation is 1. The highest BCUT2D eigenvalue weighted by Gasteiger charge is 2.28. The maximum absolute atomic E-state index is 14.1. The number of sulfonamides is 1. The van der Waals surface area contributed by atoms with Crippen molar-refractivity contribution in [3.63, 3.8) is 0 Å². The first-order chi connectivity index (χ1) is 21.0. The van der Waals surface area contributed by atoms with E-state index in [0.29, 0.717) is 6.07 Å². The summed E-state index contributed by atoms with van der Waals surface area (Å²) in [7, 11) is -2.32. The summed E-state index contributed by atoms with van der Waals surface area (Å²) in [6.45, 7) is -0.732. The molecule has 0 aliphatic rings. The molecule has 18 heteroatoms. The topological polar surface area (TPSA) is 147 Å². The standard InChI is InChI=1S/C27H23ClF5N7O4S/c1-39-22-19(5-4-17(28)21(22)24(37-39)38-45(2,42)43)40-25(18(34)11-13-9-14(29)12-15(30)10-13)36-23-16(26(40)41)3-6-20(35-23)44-8-7-27(31,32)33/h3-6,9-10,12,18H,7-8,11,34H2,1-2H3,(H,37,38). The van der Waals surface area contributed by atoms with Crippen LogP contribution >= 0.6 is 11.6 Å². The van der Waals surface area contributed by atoms with Crippen molar-refractivity contribution in [2.45, 2.75) is 25.1 Å². The average Bonchev–Trinajstić information content (AvgIpc) is 3.22. The Morgan fingerprint density at radius 3 is 2.42 bits per heavy atom. The van der Waals surface area contributed by atoms with Crippen molar-refractivity contribution in [3.05, 3.63) is 80.9 Å². The molecule has 0 aliphatic carbocycles. The van der Waals surface area contributed by atoms with Gasteiger partial charge in [0.15, 0.2) is 11.5 Å². The van der Waals surface area contributed by atoms with Crippen LogP contribution in [0.3, 0.4) is 0 Å².